The first kappa shape index (κ1) is 19.6. The summed E-state index contributed by atoms with van der Waals surface area (Å²) in [5.41, 5.74) is 6.27. The molecule has 0 N–H and O–H groups in total. The van der Waals surface area contributed by atoms with Gasteiger partial charge in [-0.3, -0.25) is 0 Å². The SMILES string of the molecule is CCOC(Cc1cc(-n2ncc3c2C=C(C)C(C)C3)ccc1F)c1ccccc1. The van der Waals surface area contributed by atoms with E-state index in [0.29, 0.717) is 24.5 Å². The Bertz CT molecular complexity index is 1020. The Balaban J connectivity index is 1.68. The molecule has 1 aliphatic rings. The molecule has 3 nitrogen and oxygen atoms in total. The van der Waals surface area contributed by atoms with Crippen molar-refractivity contribution < 1.29 is 9.13 Å². The summed E-state index contributed by atoms with van der Waals surface area (Å²) >= 11 is 0. The maximum atomic E-state index is 14.7. The van der Waals surface area contributed by atoms with Crippen LogP contribution in [0.4, 0.5) is 4.39 Å². The fraction of sp³-hybridized carbons (Fsp3) is 0.320. The van der Waals surface area contributed by atoms with Gasteiger partial charge in [0, 0.05) is 13.0 Å². The van der Waals surface area contributed by atoms with E-state index >= 15 is 0 Å². The summed E-state index contributed by atoms with van der Waals surface area (Å²) in [4.78, 5) is 0. The second-order valence-corrected chi connectivity index (χ2v) is 7.79. The predicted octanol–water partition coefficient (Wildman–Crippen LogP) is 5.93. The Morgan fingerprint density at radius 2 is 2.00 bits per heavy atom. The van der Waals surface area contributed by atoms with Crippen LogP contribution in [0.15, 0.2) is 60.3 Å². The molecule has 0 saturated carbocycles. The summed E-state index contributed by atoms with van der Waals surface area (Å²) in [5.74, 6) is 0.317. The number of nitrogens with zero attached hydrogens (tertiary/aromatic N) is 2. The minimum atomic E-state index is -0.212. The predicted molar refractivity (Wildman–Crippen MR) is 115 cm³/mol. The van der Waals surface area contributed by atoms with Crippen molar-refractivity contribution >= 4 is 6.08 Å². The van der Waals surface area contributed by atoms with Crippen molar-refractivity contribution in [2.45, 2.75) is 39.7 Å². The average Bonchev–Trinajstić information content (AvgIpc) is 3.12. The van der Waals surface area contributed by atoms with Crippen LogP contribution in [0.3, 0.4) is 0 Å². The van der Waals surface area contributed by atoms with Crippen LogP contribution in [0.25, 0.3) is 11.8 Å². The van der Waals surface area contributed by atoms with Crippen molar-refractivity contribution in [2.24, 2.45) is 5.92 Å². The lowest BCUT2D eigenvalue weighted by Gasteiger charge is -2.20. The van der Waals surface area contributed by atoms with E-state index < -0.39 is 0 Å². The van der Waals surface area contributed by atoms with Gasteiger partial charge in [0.25, 0.3) is 0 Å². The maximum Gasteiger partial charge on any atom is 0.126 e. The molecule has 2 aromatic carbocycles. The summed E-state index contributed by atoms with van der Waals surface area (Å²) in [7, 11) is 0. The van der Waals surface area contributed by atoms with Gasteiger partial charge in [-0.05, 0) is 67.2 Å². The Morgan fingerprint density at radius 1 is 1.21 bits per heavy atom. The van der Waals surface area contributed by atoms with E-state index in [9.17, 15) is 4.39 Å². The lowest BCUT2D eigenvalue weighted by atomic mass is 9.89. The molecule has 1 heterocycles. The summed E-state index contributed by atoms with van der Waals surface area (Å²) in [6.07, 6.45) is 5.43. The average molecular weight is 391 g/mol. The van der Waals surface area contributed by atoms with Crippen molar-refractivity contribution in [1.82, 2.24) is 9.78 Å². The first-order chi connectivity index (χ1) is 14.1. The number of allylic oxidation sites excluding steroid dienone is 1. The molecule has 2 atom stereocenters. The van der Waals surface area contributed by atoms with Gasteiger partial charge >= 0.3 is 0 Å². The fourth-order valence-corrected chi connectivity index (χ4v) is 3.95. The van der Waals surface area contributed by atoms with Crippen molar-refractivity contribution in [3.8, 4) is 5.69 Å². The number of benzene rings is 2. The number of ether oxygens (including phenoxy) is 1. The summed E-state index contributed by atoms with van der Waals surface area (Å²) in [6.45, 7) is 6.94. The Kier molecular flexibility index (Phi) is 5.63. The molecule has 29 heavy (non-hydrogen) atoms. The van der Waals surface area contributed by atoms with Gasteiger partial charge in [-0.15, -0.1) is 0 Å². The third-order valence-electron chi connectivity index (χ3n) is 5.77. The zero-order chi connectivity index (χ0) is 20.4. The minimum absolute atomic E-state index is 0.180. The molecule has 2 unspecified atom stereocenters. The highest BCUT2D eigenvalue weighted by Crippen LogP contribution is 2.30. The second kappa shape index (κ2) is 8.34. The van der Waals surface area contributed by atoms with Crippen LogP contribution in [0.2, 0.25) is 0 Å². The highest BCUT2D eigenvalue weighted by atomic mass is 19.1. The highest BCUT2D eigenvalue weighted by molar-refractivity contribution is 5.59. The summed E-state index contributed by atoms with van der Waals surface area (Å²) in [5, 5.41) is 4.60. The van der Waals surface area contributed by atoms with Crippen LogP contribution in [-0.2, 0) is 17.6 Å². The van der Waals surface area contributed by atoms with E-state index in [1.54, 1.807) is 6.07 Å². The van der Waals surface area contributed by atoms with Crippen LogP contribution in [-0.4, -0.2) is 16.4 Å². The zero-order valence-electron chi connectivity index (χ0n) is 17.2. The Labute approximate surface area is 171 Å². The standard InChI is InChI=1S/C25H27FN2O/c1-4-29-25(19-8-6-5-7-9-19)15-20-14-22(10-11-23(20)26)28-24-13-18(3)17(2)12-21(24)16-27-28/h5-11,13-14,16-17,25H,4,12,15H2,1-3H3. The number of rotatable bonds is 6. The van der Waals surface area contributed by atoms with Gasteiger partial charge in [0.05, 0.1) is 23.7 Å². The van der Waals surface area contributed by atoms with Crippen molar-refractivity contribution in [3.63, 3.8) is 0 Å². The van der Waals surface area contributed by atoms with Gasteiger partial charge in [0.15, 0.2) is 0 Å². The maximum absolute atomic E-state index is 14.7. The van der Waals surface area contributed by atoms with E-state index in [1.165, 1.54) is 17.2 Å². The third-order valence-corrected chi connectivity index (χ3v) is 5.77. The quantitative estimate of drug-likeness (QED) is 0.522. The number of halogens is 1. The molecule has 0 amide bonds. The Morgan fingerprint density at radius 3 is 2.76 bits per heavy atom. The molecule has 0 fully saturated rings. The van der Waals surface area contributed by atoms with Crippen molar-refractivity contribution in [1.29, 1.82) is 0 Å². The number of hydrogen-bond acceptors (Lipinski definition) is 2. The van der Waals surface area contributed by atoms with Crippen molar-refractivity contribution in [2.75, 3.05) is 6.61 Å². The monoisotopic (exact) mass is 390 g/mol. The Hall–Kier alpha value is -2.72. The van der Waals surface area contributed by atoms with Crippen LogP contribution < -0.4 is 0 Å². The number of aromatic nitrogens is 2. The van der Waals surface area contributed by atoms with Gasteiger partial charge in [0.2, 0.25) is 0 Å². The molecule has 4 heteroatoms. The number of fused-ring (bicyclic) bond motifs is 1. The van der Waals surface area contributed by atoms with Crippen LogP contribution in [0.1, 0.15) is 49.3 Å². The normalized spacial score (nSPS) is 17.0. The third kappa shape index (κ3) is 4.03. The van der Waals surface area contributed by atoms with E-state index in [1.807, 2.05) is 54.2 Å². The molecule has 0 spiro atoms. The number of hydrogen-bond donors (Lipinski definition) is 0. The van der Waals surface area contributed by atoms with Crippen LogP contribution >= 0.6 is 0 Å². The molecule has 0 aliphatic heterocycles. The van der Waals surface area contributed by atoms with Gasteiger partial charge in [-0.25, -0.2) is 9.07 Å². The molecule has 0 radical (unpaired) electrons. The lowest BCUT2D eigenvalue weighted by molar-refractivity contribution is 0.0622. The van der Waals surface area contributed by atoms with Crippen LogP contribution in [0.5, 0.6) is 0 Å². The van der Waals surface area contributed by atoms with E-state index in [2.05, 4.69) is 25.0 Å². The molecule has 0 bridgehead atoms. The largest absolute Gasteiger partial charge is 0.373 e. The summed E-state index contributed by atoms with van der Waals surface area (Å²) < 4.78 is 22.5. The first-order valence-electron chi connectivity index (χ1n) is 10.3. The topological polar surface area (TPSA) is 27.1 Å². The lowest BCUT2D eigenvalue weighted by Crippen LogP contribution is -2.11. The highest BCUT2D eigenvalue weighted by Gasteiger charge is 2.21. The fourth-order valence-electron chi connectivity index (χ4n) is 3.95. The summed E-state index contributed by atoms with van der Waals surface area (Å²) in [6, 6.07) is 15.2. The van der Waals surface area contributed by atoms with Crippen LogP contribution in [0, 0.1) is 11.7 Å². The van der Waals surface area contributed by atoms with E-state index in [-0.39, 0.29) is 11.9 Å². The van der Waals surface area contributed by atoms with Gasteiger partial charge < -0.3 is 4.74 Å². The molecular formula is C25H27FN2O. The van der Waals surface area contributed by atoms with Gasteiger partial charge in [-0.1, -0.05) is 42.8 Å². The van der Waals surface area contributed by atoms with Gasteiger partial charge in [0.1, 0.15) is 5.82 Å². The van der Waals surface area contributed by atoms with Crippen molar-refractivity contribution in [3.05, 3.63) is 88.5 Å². The molecule has 1 aromatic heterocycles. The smallest absolute Gasteiger partial charge is 0.126 e. The molecule has 150 valence electrons. The minimum Gasteiger partial charge on any atom is -0.373 e. The van der Waals surface area contributed by atoms with E-state index in [0.717, 1.165) is 23.4 Å². The molecule has 4 rings (SSSR count). The molecule has 1 aliphatic carbocycles. The molecular weight excluding hydrogens is 363 g/mol. The van der Waals surface area contributed by atoms with Gasteiger partial charge in [-0.2, -0.15) is 5.10 Å². The molecule has 0 saturated heterocycles. The first-order valence-corrected chi connectivity index (χ1v) is 10.3. The zero-order valence-corrected chi connectivity index (χ0v) is 17.2. The molecule has 3 aromatic rings. The second-order valence-electron chi connectivity index (χ2n) is 7.79. The van der Waals surface area contributed by atoms with E-state index in [4.69, 9.17) is 4.74 Å².